The number of nitrogens with one attached hydrogen (secondary N) is 3. The SMILES string of the molecule is CCCCOc1ccc(C(=O)NC(=S)NNC(=O)CCc2ccccc2)cc1. The number of benzene rings is 2. The first-order chi connectivity index (χ1) is 13.6. The predicted octanol–water partition coefficient (Wildman–Crippen LogP) is 3.13. The summed E-state index contributed by atoms with van der Waals surface area (Å²) < 4.78 is 5.56. The van der Waals surface area contributed by atoms with Crippen molar-refractivity contribution in [3.8, 4) is 5.75 Å². The summed E-state index contributed by atoms with van der Waals surface area (Å²) in [4.78, 5) is 24.1. The van der Waals surface area contributed by atoms with Gasteiger partial charge in [-0.15, -0.1) is 0 Å². The quantitative estimate of drug-likeness (QED) is 0.361. The van der Waals surface area contributed by atoms with Crippen molar-refractivity contribution in [3.05, 3.63) is 65.7 Å². The van der Waals surface area contributed by atoms with E-state index in [1.807, 2.05) is 30.3 Å². The van der Waals surface area contributed by atoms with E-state index in [2.05, 4.69) is 23.1 Å². The van der Waals surface area contributed by atoms with E-state index < -0.39 is 0 Å². The summed E-state index contributed by atoms with van der Waals surface area (Å²) in [6.07, 6.45) is 2.99. The highest BCUT2D eigenvalue weighted by molar-refractivity contribution is 7.80. The van der Waals surface area contributed by atoms with Crippen molar-refractivity contribution < 1.29 is 14.3 Å². The Hall–Kier alpha value is -2.93. The molecule has 6 nitrogen and oxygen atoms in total. The van der Waals surface area contributed by atoms with Crippen molar-refractivity contribution in [3.63, 3.8) is 0 Å². The minimum absolute atomic E-state index is 0.0290. The summed E-state index contributed by atoms with van der Waals surface area (Å²) in [7, 11) is 0. The highest BCUT2D eigenvalue weighted by atomic mass is 32.1. The van der Waals surface area contributed by atoms with Gasteiger partial charge in [-0.25, -0.2) is 0 Å². The van der Waals surface area contributed by atoms with Crippen LogP contribution >= 0.6 is 12.2 Å². The molecule has 0 unspecified atom stereocenters. The summed E-state index contributed by atoms with van der Waals surface area (Å²) in [5, 5.41) is 2.55. The monoisotopic (exact) mass is 399 g/mol. The van der Waals surface area contributed by atoms with Gasteiger partial charge in [0.15, 0.2) is 5.11 Å². The van der Waals surface area contributed by atoms with Crippen LogP contribution in [0.1, 0.15) is 42.1 Å². The van der Waals surface area contributed by atoms with Crippen LogP contribution < -0.4 is 20.9 Å². The first-order valence-corrected chi connectivity index (χ1v) is 9.66. The summed E-state index contributed by atoms with van der Waals surface area (Å²) in [5.41, 5.74) is 6.55. The molecule has 2 aromatic carbocycles. The maximum Gasteiger partial charge on any atom is 0.257 e. The van der Waals surface area contributed by atoms with Gasteiger partial charge in [0, 0.05) is 12.0 Å². The lowest BCUT2D eigenvalue weighted by Crippen LogP contribution is -2.48. The average molecular weight is 400 g/mol. The molecule has 2 aromatic rings. The number of hydrogen-bond donors (Lipinski definition) is 3. The number of aryl methyl sites for hydroxylation is 1. The van der Waals surface area contributed by atoms with Gasteiger partial charge in [0.1, 0.15) is 5.75 Å². The number of unbranched alkanes of at least 4 members (excludes halogenated alkanes) is 1. The van der Waals surface area contributed by atoms with Crippen LogP contribution in [0.3, 0.4) is 0 Å². The second kappa shape index (κ2) is 11.7. The molecule has 0 radical (unpaired) electrons. The van der Waals surface area contributed by atoms with Gasteiger partial charge in [0.05, 0.1) is 6.61 Å². The average Bonchev–Trinajstić information content (AvgIpc) is 2.72. The lowest BCUT2D eigenvalue weighted by Gasteiger charge is -2.11. The Balaban J connectivity index is 1.70. The van der Waals surface area contributed by atoms with E-state index in [4.69, 9.17) is 17.0 Å². The van der Waals surface area contributed by atoms with Crippen LogP contribution in [0.5, 0.6) is 5.75 Å². The number of carbonyl (C=O) groups is 2. The maximum absolute atomic E-state index is 12.2. The van der Waals surface area contributed by atoms with Crippen LogP contribution in [-0.4, -0.2) is 23.5 Å². The van der Waals surface area contributed by atoms with Crippen LogP contribution in [0.2, 0.25) is 0 Å². The molecule has 0 aromatic heterocycles. The predicted molar refractivity (Wildman–Crippen MR) is 113 cm³/mol. The molecular formula is C21H25N3O3S. The molecule has 3 N–H and O–H groups in total. The standard InChI is InChI=1S/C21H25N3O3S/c1-2-3-15-27-18-12-10-17(11-13-18)20(26)22-21(28)24-23-19(25)14-9-16-7-5-4-6-8-16/h4-8,10-13H,2-3,9,14-15H2,1H3,(H,23,25)(H2,22,24,26,28). The number of amides is 2. The fraction of sp³-hybridized carbons (Fsp3) is 0.286. The largest absolute Gasteiger partial charge is 0.494 e. The van der Waals surface area contributed by atoms with Crippen LogP contribution in [0.4, 0.5) is 0 Å². The van der Waals surface area contributed by atoms with E-state index in [0.717, 1.165) is 24.2 Å². The Morgan fingerprint density at radius 1 is 1.00 bits per heavy atom. The van der Waals surface area contributed by atoms with Gasteiger partial charge in [-0.1, -0.05) is 43.7 Å². The van der Waals surface area contributed by atoms with Gasteiger partial charge in [0.25, 0.3) is 5.91 Å². The number of hydrazine groups is 1. The number of ether oxygens (including phenoxy) is 1. The fourth-order valence-electron chi connectivity index (χ4n) is 2.33. The molecule has 28 heavy (non-hydrogen) atoms. The second-order valence-electron chi connectivity index (χ2n) is 6.17. The van der Waals surface area contributed by atoms with Crippen molar-refractivity contribution in [1.82, 2.24) is 16.2 Å². The molecule has 0 saturated carbocycles. The second-order valence-corrected chi connectivity index (χ2v) is 6.58. The first-order valence-electron chi connectivity index (χ1n) is 9.25. The topological polar surface area (TPSA) is 79.5 Å². The van der Waals surface area contributed by atoms with E-state index >= 15 is 0 Å². The molecule has 0 aliphatic carbocycles. The molecule has 0 spiro atoms. The zero-order valence-electron chi connectivity index (χ0n) is 15.9. The zero-order valence-corrected chi connectivity index (χ0v) is 16.7. The maximum atomic E-state index is 12.2. The molecule has 7 heteroatoms. The van der Waals surface area contributed by atoms with Gasteiger partial charge in [-0.05, 0) is 54.9 Å². The van der Waals surface area contributed by atoms with Crippen molar-refractivity contribution >= 4 is 29.1 Å². The van der Waals surface area contributed by atoms with Gasteiger partial charge in [-0.3, -0.25) is 25.8 Å². The molecule has 0 aliphatic rings. The van der Waals surface area contributed by atoms with Gasteiger partial charge >= 0.3 is 0 Å². The molecule has 0 aliphatic heterocycles. The zero-order chi connectivity index (χ0) is 20.2. The van der Waals surface area contributed by atoms with Crippen molar-refractivity contribution in [2.75, 3.05) is 6.61 Å². The molecule has 0 heterocycles. The Morgan fingerprint density at radius 2 is 1.71 bits per heavy atom. The highest BCUT2D eigenvalue weighted by Crippen LogP contribution is 2.12. The lowest BCUT2D eigenvalue weighted by atomic mass is 10.1. The fourth-order valence-corrected chi connectivity index (χ4v) is 2.48. The lowest BCUT2D eigenvalue weighted by molar-refractivity contribution is -0.121. The van der Waals surface area contributed by atoms with E-state index in [0.29, 0.717) is 25.0 Å². The number of hydrogen-bond acceptors (Lipinski definition) is 4. The van der Waals surface area contributed by atoms with Crippen LogP contribution in [0.25, 0.3) is 0 Å². The van der Waals surface area contributed by atoms with E-state index in [9.17, 15) is 9.59 Å². The Bertz CT molecular complexity index is 779. The molecule has 2 rings (SSSR count). The number of carbonyl (C=O) groups excluding carboxylic acids is 2. The third kappa shape index (κ3) is 7.75. The summed E-state index contributed by atoms with van der Waals surface area (Å²) in [6, 6.07) is 16.5. The third-order valence-electron chi connectivity index (χ3n) is 3.91. The summed E-state index contributed by atoms with van der Waals surface area (Å²) in [5.74, 6) is 0.140. The minimum atomic E-state index is -0.365. The molecule has 148 valence electrons. The molecule has 0 bridgehead atoms. The van der Waals surface area contributed by atoms with E-state index in [1.165, 1.54) is 0 Å². The van der Waals surface area contributed by atoms with Gasteiger partial charge < -0.3 is 4.74 Å². The van der Waals surface area contributed by atoms with E-state index in [1.54, 1.807) is 24.3 Å². The highest BCUT2D eigenvalue weighted by Gasteiger charge is 2.09. The van der Waals surface area contributed by atoms with Gasteiger partial charge in [0.2, 0.25) is 5.91 Å². The minimum Gasteiger partial charge on any atom is -0.494 e. The number of thiocarbonyl (C=S) groups is 1. The Labute approximate surface area is 170 Å². The summed E-state index contributed by atoms with van der Waals surface area (Å²) >= 11 is 5.04. The normalized spacial score (nSPS) is 10.0. The third-order valence-corrected chi connectivity index (χ3v) is 4.11. The number of rotatable bonds is 8. The molecular weight excluding hydrogens is 374 g/mol. The van der Waals surface area contributed by atoms with Crippen LogP contribution in [0.15, 0.2) is 54.6 Å². The van der Waals surface area contributed by atoms with Crippen molar-refractivity contribution in [2.45, 2.75) is 32.6 Å². The Morgan fingerprint density at radius 3 is 2.39 bits per heavy atom. The van der Waals surface area contributed by atoms with Gasteiger partial charge in [-0.2, -0.15) is 0 Å². The molecule has 0 fully saturated rings. The van der Waals surface area contributed by atoms with Crippen molar-refractivity contribution in [2.24, 2.45) is 0 Å². The smallest absolute Gasteiger partial charge is 0.257 e. The van der Waals surface area contributed by atoms with Crippen LogP contribution in [-0.2, 0) is 11.2 Å². The Kier molecular flexibility index (Phi) is 8.94. The molecule has 0 saturated heterocycles. The first kappa shape index (κ1) is 21.4. The molecule has 2 amide bonds. The summed E-state index contributed by atoms with van der Waals surface area (Å²) in [6.45, 7) is 2.75. The van der Waals surface area contributed by atoms with Crippen molar-refractivity contribution in [1.29, 1.82) is 0 Å². The van der Waals surface area contributed by atoms with E-state index in [-0.39, 0.29) is 16.9 Å². The van der Waals surface area contributed by atoms with Crippen LogP contribution in [0, 0.1) is 0 Å². The molecule has 0 atom stereocenters.